The van der Waals surface area contributed by atoms with Gasteiger partial charge in [0.15, 0.2) is 0 Å². The van der Waals surface area contributed by atoms with Crippen LogP contribution < -0.4 is 5.32 Å². The van der Waals surface area contributed by atoms with Gasteiger partial charge in [0.05, 0.1) is 0 Å². The molecule has 4 atom stereocenters. The molecule has 0 radical (unpaired) electrons. The third-order valence-corrected chi connectivity index (χ3v) is 4.64. The number of hydrogen-bond acceptors (Lipinski definition) is 1. The highest BCUT2D eigenvalue weighted by atomic mass is 14.9. The predicted octanol–water partition coefficient (Wildman–Crippen LogP) is 3.59. The Kier molecular flexibility index (Phi) is 4.07. The van der Waals surface area contributed by atoms with Crippen molar-refractivity contribution in [3.05, 3.63) is 0 Å². The van der Waals surface area contributed by atoms with E-state index in [1.54, 1.807) is 6.42 Å². The Bertz CT molecular complexity index is 190. The average molecular weight is 209 g/mol. The van der Waals surface area contributed by atoms with Crippen LogP contribution in [0, 0.1) is 17.8 Å². The summed E-state index contributed by atoms with van der Waals surface area (Å²) in [5.41, 5.74) is 0. The van der Waals surface area contributed by atoms with Crippen LogP contribution in [-0.4, -0.2) is 12.6 Å². The van der Waals surface area contributed by atoms with Crippen molar-refractivity contribution in [3.63, 3.8) is 0 Å². The number of fused-ring (bicyclic) bond motifs is 2. The first-order valence-corrected chi connectivity index (χ1v) is 7.08. The Morgan fingerprint density at radius 3 is 2.60 bits per heavy atom. The maximum Gasteiger partial charge on any atom is 0.00979 e. The van der Waals surface area contributed by atoms with Crippen LogP contribution in [0.15, 0.2) is 0 Å². The molecule has 0 aromatic rings. The van der Waals surface area contributed by atoms with E-state index in [1.807, 2.05) is 0 Å². The number of hydrogen-bond donors (Lipinski definition) is 1. The summed E-state index contributed by atoms with van der Waals surface area (Å²) in [5, 5.41) is 3.74. The first-order valence-electron chi connectivity index (χ1n) is 7.08. The summed E-state index contributed by atoms with van der Waals surface area (Å²) in [4.78, 5) is 0. The third kappa shape index (κ3) is 2.55. The molecule has 0 aliphatic heterocycles. The van der Waals surface area contributed by atoms with Crippen LogP contribution in [0.4, 0.5) is 0 Å². The second-order valence-electron chi connectivity index (χ2n) is 5.65. The lowest BCUT2D eigenvalue weighted by Gasteiger charge is -2.31. The zero-order chi connectivity index (χ0) is 10.7. The maximum atomic E-state index is 3.74. The van der Waals surface area contributed by atoms with Gasteiger partial charge in [-0.15, -0.1) is 0 Å². The molecule has 2 fully saturated rings. The molecule has 0 amide bonds. The fraction of sp³-hybridized carbons (Fsp3) is 1.00. The third-order valence-electron chi connectivity index (χ3n) is 4.64. The zero-order valence-corrected chi connectivity index (χ0v) is 10.5. The molecule has 0 saturated heterocycles. The SMILES string of the molecule is CCCCC(NCC)C1CC2CCC1C2. The largest absolute Gasteiger partial charge is 0.314 e. The van der Waals surface area contributed by atoms with Crippen molar-refractivity contribution in [2.24, 2.45) is 17.8 Å². The molecule has 88 valence electrons. The molecule has 0 aromatic heterocycles. The minimum Gasteiger partial charge on any atom is -0.314 e. The summed E-state index contributed by atoms with van der Waals surface area (Å²) in [6.07, 6.45) is 10.3. The summed E-state index contributed by atoms with van der Waals surface area (Å²) in [5.74, 6) is 3.20. The normalized spacial score (nSPS) is 36.0. The first-order chi connectivity index (χ1) is 7.35. The topological polar surface area (TPSA) is 12.0 Å². The summed E-state index contributed by atoms with van der Waals surface area (Å²) >= 11 is 0. The molecule has 2 bridgehead atoms. The molecule has 0 heterocycles. The van der Waals surface area contributed by atoms with Gasteiger partial charge in [0.2, 0.25) is 0 Å². The van der Waals surface area contributed by atoms with Gasteiger partial charge in [0.1, 0.15) is 0 Å². The molecule has 1 N–H and O–H groups in total. The van der Waals surface area contributed by atoms with Crippen molar-refractivity contribution < 1.29 is 0 Å². The fourth-order valence-corrected chi connectivity index (χ4v) is 3.94. The van der Waals surface area contributed by atoms with Gasteiger partial charge in [0.25, 0.3) is 0 Å². The van der Waals surface area contributed by atoms with Crippen LogP contribution in [0.25, 0.3) is 0 Å². The molecule has 2 aliphatic rings. The molecule has 0 aromatic carbocycles. The molecule has 0 spiro atoms. The van der Waals surface area contributed by atoms with Crippen molar-refractivity contribution in [3.8, 4) is 0 Å². The maximum absolute atomic E-state index is 3.74. The van der Waals surface area contributed by atoms with Crippen molar-refractivity contribution >= 4 is 0 Å². The summed E-state index contributed by atoms with van der Waals surface area (Å²) in [6, 6.07) is 0.838. The van der Waals surface area contributed by atoms with E-state index in [2.05, 4.69) is 19.2 Å². The van der Waals surface area contributed by atoms with Crippen LogP contribution in [0.5, 0.6) is 0 Å². The summed E-state index contributed by atoms with van der Waals surface area (Å²) in [6.45, 7) is 5.72. The van der Waals surface area contributed by atoms with Gasteiger partial charge in [-0.1, -0.05) is 33.1 Å². The molecule has 2 aliphatic carbocycles. The lowest BCUT2D eigenvalue weighted by molar-refractivity contribution is 0.238. The quantitative estimate of drug-likeness (QED) is 0.705. The lowest BCUT2D eigenvalue weighted by Crippen LogP contribution is -2.38. The fourth-order valence-electron chi connectivity index (χ4n) is 3.94. The van der Waals surface area contributed by atoms with Gasteiger partial charge in [-0.2, -0.15) is 0 Å². The lowest BCUT2D eigenvalue weighted by atomic mass is 9.81. The second kappa shape index (κ2) is 5.34. The average Bonchev–Trinajstić information content (AvgIpc) is 2.85. The zero-order valence-electron chi connectivity index (χ0n) is 10.5. The van der Waals surface area contributed by atoms with Gasteiger partial charge in [-0.05, 0) is 50.0 Å². The van der Waals surface area contributed by atoms with E-state index < -0.39 is 0 Å². The summed E-state index contributed by atoms with van der Waals surface area (Å²) in [7, 11) is 0. The Balaban J connectivity index is 1.86. The predicted molar refractivity (Wildman–Crippen MR) is 65.9 cm³/mol. The second-order valence-corrected chi connectivity index (χ2v) is 5.65. The van der Waals surface area contributed by atoms with Gasteiger partial charge in [-0.3, -0.25) is 0 Å². The van der Waals surface area contributed by atoms with Crippen molar-refractivity contribution in [2.45, 2.75) is 64.8 Å². The van der Waals surface area contributed by atoms with Crippen molar-refractivity contribution in [2.75, 3.05) is 6.54 Å². The Morgan fingerprint density at radius 1 is 1.20 bits per heavy atom. The molecule has 1 nitrogen and oxygen atoms in total. The van der Waals surface area contributed by atoms with E-state index in [4.69, 9.17) is 0 Å². The van der Waals surface area contributed by atoms with Gasteiger partial charge >= 0.3 is 0 Å². The number of rotatable bonds is 6. The van der Waals surface area contributed by atoms with Gasteiger partial charge < -0.3 is 5.32 Å². The smallest absolute Gasteiger partial charge is 0.00979 e. The van der Waals surface area contributed by atoms with E-state index in [1.165, 1.54) is 38.5 Å². The van der Waals surface area contributed by atoms with Crippen LogP contribution in [0.3, 0.4) is 0 Å². The summed E-state index contributed by atoms with van der Waals surface area (Å²) < 4.78 is 0. The molecular formula is C14H27N. The molecule has 4 unspecified atom stereocenters. The standard InChI is InChI=1S/C14H27N/c1-3-5-6-14(15-4-2)13-10-11-7-8-12(13)9-11/h11-15H,3-10H2,1-2H3. The molecular weight excluding hydrogens is 182 g/mol. The van der Waals surface area contributed by atoms with E-state index in [0.717, 1.165) is 30.3 Å². The first kappa shape index (κ1) is 11.4. The van der Waals surface area contributed by atoms with E-state index in [-0.39, 0.29) is 0 Å². The number of nitrogens with one attached hydrogen (secondary N) is 1. The highest BCUT2D eigenvalue weighted by molar-refractivity contribution is 4.95. The number of unbranched alkanes of at least 4 members (excludes halogenated alkanes) is 1. The van der Waals surface area contributed by atoms with Crippen LogP contribution in [0.1, 0.15) is 58.8 Å². The Hall–Kier alpha value is -0.0400. The van der Waals surface area contributed by atoms with Crippen molar-refractivity contribution in [1.29, 1.82) is 0 Å². The van der Waals surface area contributed by atoms with Crippen molar-refractivity contribution in [1.82, 2.24) is 5.32 Å². The molecule has 2 saturated carbocycles. The van der Waals surface area contributed by atoms with Crippen LogP contribution >= 0.6 is 0 Å². The monoisotopic (exact) mass is 209 g/mol. The highest BCUT2D eigenvalue weighted by Crippen LogP contribution is 2.50. The Labute approximate surface area is 95.0 Å². The minimum atomic E-state index is 0.838. The van der Waals surface area contributed by atoms with E-state index >= 15 is 0 Å². The van der Waals surface area contributed by atoms with Gasteiger partial charge in [0, 0.05) is 6.04 Å². The molecule has 2 rings (SSSR count). The van der Waals surface area contributed by atoms with E-state index in [0.29, 0.717) is 0 Å². The van der Waals surface area contributed by atoms with Gasteiger partial charge in [-0.25, -0.2) is 0 Å². The Morgan fingerprint density at radius 2 is 2.07 bits per heavy atom. The molecule has 15 heavy (non-hydrogen) atoms. The van der Waals surface area contributed by atoms with E-state index in [9.17, 15) is 0 Å². The highest BCUT2D eigenvalue weighted by Gasteiger charge is 2.42. The molecule has 1 heteroatoms. The van der Waals surface area contributed by atoms with Crippen LogP contribution in [0.2, 0.25) is 0 Å². The van der Waals surface area contributed by atoms with Crippen LogP contribution in [-0.2, 0) is 0 Å². The minimum absolute atomic E-state index is 0.838.